The van der Waals surface area contributed by atoms with Gasteiger partial charge < -0.3 is 4.74 Å². The molecule has 0 unspecified atom stereocenters. The Morgan fingerprint density at radius 1 is 1.15 bits per heavy atom. The molecule has 0 radical (unpaired) electrons. The quantitative estimate of drug-likeness (QED) is 0.734. The van der Waals surface area contributed by atoms with Gasteiger partial charge in [0.15, 0.2) is 5.78 Å². The Hall–Kier alpha value is -2.42. The molecule has 1 aliphatic rings. The molecule has 100 valence electrons. The molecule has 3 rings (SSSR count). The molecule has 2 aromatic carbocycles. The highest BCUT2D eigenvalue weighted by molar-refractivity contribution is 6.15. The fourth-order valence-electron chi connectivity index (χ4n) is 2.32. The number of rotatable bonds is 1. The van der Waals surface area contributed by atoms with Crippen LogP contribution in [0.5, 0.6) is 5.75 Å². The van der Waals surface area contributed by atoms with Gasteiger partial charge in [0.1, 0.15) is 18.2 Å². The third kappa shape index (κ3) is 2.11. The zero-order chi connectivity index (χ0) is 14.1. The molecular formula is C17H13FO2. The largest absolute Gasteiger partial charge is 0.488 e. The zero-order valence-corrected chi connectivity index (χ0v) is 11.0. The smallest absolute Gasteiger partial charge is 0.196 e. The predicted molar refractivity (Wildman–Crippen MR) is 75.3 cm³/mol. The predicted octanol–water partition coefficient (Wildman–Crippen LogP) is 3.87. The highest BCUT2D eigenvalue weighted by Crippen LogP contribution is 2.31. The standard InChI is InChI=1S/C17H13FO2/c1-11(12-5-3-2-4-6-12)15-10-20-16-8-7-13(18)9-14(16)17(15)19/h2-9H,10H2,1H3/b15-11-. The van der Waals surface area contributed by atoms with Gasteiger partial charge in [-0.1, -0.05) is 30.3 Å². The van der Waals surface area contributed by atoms with Crippen LogP contribution >= 0.6 is 0 Å². The van der Waals surface area contributed by atoms with Gasteiger partial charge in [-0.25, -0.2) is 4.39 Å². The summed E-state index contributed by atoms with van der Waals surface area (Å²) >= 11 is 0. The normalized spacial score (nSPS) is 16.4. The Morgan fingerprint density at radius 3 is 2.65 bits per heavy atom. The zero-order valence-electron chi connectivity index (χ0n) is 11.0. The number of halogens is 1. The van der Waals surface area contributed by atoms with Gasteiger partial charge in [-0.3, -0.25) is 4.79 Å². The van der Waals surface area contributed by atoms with Crippen molar-refractivity contribution in [3.8, 4) is 5.75 Å². The van der Waals surface area contributed by atoms with Gasteiger partial charge in [0.05, 0.1) is 5.56 Å². The number of ether oxygens (including phenoxy) is 1. The first-order valence-electron chi connectivity index (χ1n) is 6.39. The molecular weight excluding hydrogens is 255 g/mol. The first-order chi connectivity index (χ1) is 9.66. The van der Waals surface area contributed by atoms with Crippen molar-refractivity contribution in [2.24, 2.45) is 0 Å². The SMILES string of the molecule is C/C(=C1\COc2ccc(F)cc2C1=O)c1ccccc1. The van der Waals surface area contributed by atoms with Crippen molar-refractivity contribution >= 4 is 11.4 Å². The third-order valence-corrected chi connectivity index (χ3v) is 3.49. The molecule has 0 amide bonds. The monoisotopic (exact) mass is 268 g/mol. The van der Waals surface area contributed by atoms with Gasteiger partial charge >= 0.3 is 0 Å². The van der Waals surface area contributed by atoms with Gasteiger partial charge in [0.2, 0.25) is 0 Å². The van der Waals surface area contributed by atoms with Gasteiger partial charge in [-0.2, -0.15) is 0 Å². The Labute approximate surface area is 116 Å². The lowest BCUT2D eigenvalue weighted by atomic mass is 9.93. The van der Waals surface area contributed by atoms with Crippen LogP contribution in [0.4, 0.5) is 4.39 Å². The third-order valence-electron chi connectivity index (χ3n) is 3.49. The average Bonchev–Trinajstić information content (AvgIpc) is 2.48. The molecule has 2 aromatic rings. The summed E-state index contributed by atoms with van der Waals surface area (Å²) in [5, 5.41) is 0. The molecule has 0 saturated heterocycles. The van der Waals surface area contributed by atoms with E-state index in [4.69, 9.17) is 4.74 Å². The van der Waals surface area contributed by atoms with E-state index in [1.807, 2.05) is 37.3 Å². The van der Waals surface area contributed by atoms with Crippen LogP contribution in [0.25, 0.3) is 5.57 Å². The molecule has 0 aliphatic carbocycles. The fourth-order valence-corrected chi connectivity index (χ4v) is 2.32. The molecule has 1 heterocycles. The molecule has 1 aliphatic heterocycles. The number of hydrogen-bond acceptors (Lipinski definition) is 2. The number of benzene rings is 2. The molecule has 20 heavy (non-hydrogen) atoms. The Balaban J connectivity index is 2.08. The molecule has 0 fully saturated rings. The Bertz CT molecular complexity index is 702. The second kappa shape index (κ2) is 4.93. The summed E-state index contributed by atoms with van der Waals surface area (Å²) in [6, 6.07) is 13.7. The van der Waals surface area contributed by atoms with Crippen LogP contribution in [0.2, 0.25) is 0 Å². The van der Waals surface area contributed by atoms with E-state index in [1.165, 1.54) is 18.2 Å². The number of ketones is 1. The minimum Gasteiger partial charge on any atom is -0.488 e. The van der Waals surface area contributed by atoms with E-state index >= 15 is 0 Å². The summed E-state index contributed by atoms with van der Waals surface area (Å²) in [5.41, 5.74) is 2.71. The molecule has 3 heteroatoms. The lowest BCUT2D eigenvalue weighted by Crippen LogP contribution is -2.20. The summed E-state index contributed by atoms with van der Waals surface area (Å²) in [6.07, 6.45) is 0. The number of fused-ring (bicyclic) bond motifs is 1. The maximum Gasteiger partial charge on any atom is 0.196 e. The van der Waals surface area contributed by atoms with Crippen LogP contribution < -0.4 is 4.74 Å². The van der Waals surface area contributed by atoms with E-state index in [2.05, 4.69) is 0 Å². The number of Topliss-reactive ketones (excluding diaryl/α,β-unsaturated/α-hetero) is 1. The second-order valence-electron chi connectivity index (χ2n) is 4.73. The highest BCUT2D eigenvalue weighted by atomic mass is 19.1. The van der Waals surface area contributed by atoms with E-state index < -0.39 is 5.82 Å². The lowest BCUT2D eigenvalue weighted by Gasteiger charge is -2.20. The van der Waals surface area contributed by atoms with Crippen LogP contribution in [-0.2, 0) is 0 Å². The van der Waals surface area contributed by atoms with E-state index in [0.29, 0.717) is 16.9 Å². The number of allylic oxidation sites excluding steroid dienone is 1. The van der Waals surface area contributed by atoms with Crippen molar-refractivity contribution in [3.63, 3.8) is 0 Å². The minimum absolute atomic E-state index is 0.160. The van der Waals surface area contributed by atoms with Crippen LogP contribution in [0, 0.1) is 5.82 Å². The van der Waals surface area contributed by atoms with Crippen LogP contribution in [-0.4, -0.2) is 12.4 Å². The molecule has 0 aromatic heterocycles. The molecule has 0 spiro atoms. The van der Waals surface area contributed by atoms with E-state index in [-0.39, 0.29) is 12.4 Å². The van der Waals surface area contributed by atoms with E-state index in [1.54, 1.807) is 0 Å². The summed E-state index contributed by atoms with van der Waals surface area (Å²) < 4.78 is 18.9. The van der Waals surface area contributed by atoms with Crippen molar-refractivity contribution in [2.45, 2.75) is 6.92 Å². The minimum atomic E-state index is -0.431. The Kier molecular flexibility index (Phi) is 3.11. The van der Waals surface area contributed by atoms with Crippen LogP contribution in [0.1, 0.15) is 22.8 Å². The van der Waals surface area contributed by atoms with Gasteiger partial charge in [0, 0.05) is 5.57 Å². The summed E-state index contributed by atoms with van der Waals surface area (Å²) in [4.78, 5) is 12.5. The van der Waals surface area contributed by atoms with E-state index in [0.717, 1.165) is 11.1 Å². The van der Waals surface area contributed by atoms with Crippen LogP contribution in [0.3, 0.4) is 0 Å². The van der Waals surface area contributed by atoms with Gasteiger partial charge in [-0.15, -0.1) is 0 Å². The van der Waals surface area contributed by atoms with Gasteiger partial charge in [0.25, 0.3) is 0 Å². The lowest BCUT2D eigenvalue weighted by molar-refractivity contribution is 0.0999. The molecule has 0 bridgehead atoms. The fraction of sp³-hybridized carbons (Fsp3) is 0.118. The van der Waals surface area contributed by atoms with E-state index in [9.17, 15) is 9.18 Å². The van der Waals surface area contributed by atoms with Crippen LogP contribution in [0.15, 0.2) is 54.1 Å². The van der Waals surface area contributed by atoms with Crippen molar-refractivity contribution in [2.75, 3.05) is 6.61 Å². The molecule has 0 atom stereocenters. The van der Waals surface area contributed by atoms with Crippen molar-refractivity contribution < 1.29 is 13.9 Å². The maximum atomic E-state index is 13.3. The van der Waals surface area contributed by atoms with Crippen molar-refractivity contribution in [3.05, 3.63) is 71.0 Å². The van der Waals surface area contributed by atoms with Gasteiger partial charge in [-0.05, 0) is 36.3 Å². The number of hydrogen-bond donors (Lipinski definition) is 0. The Morgan fingerprint density at radius 2 is 1.90 bits per heavy atom. The summed E-state index contributed by atoms with van der Waals surface area (Å²) in [6.45, 7) is 2.11. The topological polar surface area (TPSA) is 26.3 Å². The highest BCUT2D eigenvalue weighted by Gasteiger charge is 2.25. The molecule has 2 nitrogen and oxygen atoms in total. The van der Waals surface area contributed by atoms with Crippen molar-refractivity contribution in [1.82, 2.24) is 0 Å². The summed E-state index contributed by atoms with van der Waals surface area (Å²) in [5.74, 6) is -0.146. The average molecular weight is 268 g/mol. The first kappa shape index (κ1) is 12.6. The summed E-state index contributed by atoms with van der Waals surface area (Å²) in [7, 11) is 0. The number of carbonyl (C=O) groups excluding carboxylic acids is 1. The number of carbonyl (C=O) groups is 1. The molecule has 0 saturated carbocycles. The van der Waals surface area contributed by atoms with Crippen molar-refractivity contribution in [1.29, 1.82) is 0 Å². The second-order valence-corrected chi connectivity index (χ2v) is 4.73. The maximum absolute atomic E-state index is 13.3. The first-order valence-corrected chi connectivity index (χ1v) is 6.39. The molecule has 0 N–H and O–H groups in total.